The Balaban J connectivity index is 1.41. The number of fused-ring (bicyclic) bond motifs is 1. The molecule has 5 rings (SSSR count). The van der Waals surface area contributed by atoms with E-state index in [1.165, 1.54) is 11.1 Å². The number of ether oxygens (including phenoxy) is 1. The van der Waals surface area contributed by atoms with Crippen LogP contribution in [0.2, 0.25) is 0 Å². The van der Waals surface area contributed by atoms with Crippen molar-refractivity contribution in [3.8, 4) is 34.7 Å². The molecule has 0 amide bonds. The SMILES string of the molecule is CC(C)Oc1ccc(-c2nc(-c3cccc4c3CC[C@H]4N3CC(C(=O)O)C3)no2)cc1C#N. The quantitative estimate of drug-likeness (QED) is 0.606. The number of carboxylic acids is 1. The molecule has 2 aliphatic rings. The lowest BCUT2D eigenvalue weighted by molar-refractivity contribution is -0.148. The topological polar surface area (TPSA) is 112 Å². The number of hydrogen-bond donors (Lipinski definition) is 1. The average molecular weight is 444 g/mol. The molecule has 1 fully saturated rings. The van der Waals surface area contributed by atoms with Gasteiger partial charge < -0.3 is 14.4 Å². The van der Waals surface area contributed by atoms with E-state index in [4.69, 9.17) is 9.26 Å². The van der Waals surface area contributed by atoms with Crippen LogP contribution in [0, 0.1) is 17.2 Å². The molecule has 0 radical (unpaired) electrons. The van der Waals surface area contributed by atoms with Gasteiger partial charge in [0.2, 0.25) is 5.82 Å². The van der Waals surface area contributed by atoms with Crippen LogP contribution < -0.4 is 4.74 Å². The van der Waals surface area contributed by atoms with Gasteiger partial charge in [-0.2, -0.15) is 10.2 Å². The van der Waals surface area contributed by atoms with Crippen molar-refractivity contribution in [1.82, 2.24) is 15.0 Å². The number of benzene rings is 2. The molecule has 1 N–H and O–H groups in total. The van der Waals surface area contributed by atoms with Crippen LogP contribution in [-0.2, 0) is 11.2 Å². The van der Waals surface area contributed by atoms with Crippen LogP contribution in [0.4, 0.5) is 0 Å². The number of aromatic nitrogens is 2. The molecule has 8 nitrogen and oxygen atoms in total. The van der Waals surface area contributed by atoms with E-state index in [-0.39, 0.29) is 18.1 Å². The number of likely N-dealkylation sites (tertiary alicyclic amines) is 1. The summed E-state index contributed by atoms with van der Waals surface area (Å²) in [6, 6.07) is 13.7. The summed E-state index contributed by atoms with van der Waals surface area (Å²) in [6.07, 6.45) is 1.80. The monoisotopic (exact) mass is 444 g/mol. The highest BCUT2D eigenvalue weighted by molar-refractivity contribution is 5.72. The van der Waals surface area contributed by atoms with Gasteiger partial charge in [0.25, 0.3) is 5.89 Å². The number of aliphatic carboxylic acids is 1. The van der Waals surface area contributed by atoms with E-state index in [0.717, 1.165) is 18.4 Å². The molecule has 2 aromatic carbocycles. The summed E-state index contributed by atoms with van der Waals surface area (Å²) < 4.78 is 11.2. The van der Waals surface area contributed by atoms with Crippen LogP contribution in [0.1, 0.15) is 43.0 Å². The summed E-state index contributed by atoms with van der Waals surface area (Å²) >= 11 is 0. The highest BCUT2D eigenvalue weighted by Crippen LogP contribution is 2.42. The van der Waals surface area contributed by atoms with Crippen LogP contribution in [0.15, 0.2) is 40.9 Å². The maximum atomic E-state index is 11.2. The Labute approximate surface area is 191 Å². The fourth-order valence-corrected chi connectivity index (χ4v) is 4.70. The molecule has 168 valence electrons. The minimum Gasteiger partial charge on any atom is -0.490 e. The van der Waals surface area contributed by atoms with Crippen LogP contribution in [0.3, 0.4) is 0 Å². The third-order valence-corrected chi connectivity index (χ3v) is 6.32. The molecule has 2 heterocycles. The predicted molar refractivity (Wildman–Crippen MR) is 119 cm³/mol. The third kappa shape index (κ3) is 3.85. The second-order valence-electron chi connectivity index (χ2n) is 8.83. The maximum Gasteiger partial charge on any atom is 0.309 e. The van der Waals surface area contributed by atoms with Crippen molar-refractivity contribution in [3.05, 3.63) is 53.1 Å². The molecule has 0 unspecified atom stereocenters. The molecule has 0 saturated carbocycles. The van der Waals surface area contributed by atoms with Gasteiger partial charge in [-0.05, 0) is 56.0 Å². The van der Waals surface area contributed by atoms with Crippen LogP contribution in [0.25, 0.3) is 22.8 Å². The number of rotatable bonds is 6. The smallest absolute Gasteiger partial charge is 0.309 e. The van der Waals surface area contributed by atoms with E-state index in [9.17, 15) is 15.2 Å². The van der Waals surface area contributed by atoms with Crippen molar-refractivity contribution >= 4 is 5.97 Å². The molecule has 0 bridgehead atoms. The van der Waals surface area contributed by atoms with Crippen LogP contribution in [-0.4, -0.2) is 45.3 Å². The molecule has 1 atom stereocenters. The van der Waals surface area contributed by atoms with E-state index in [2.05, 4.69) is 27.2 Å². The first kappa shape index (κ1) is 21.2. The third-order valence-electron chi connectivity index (χ3n) is 6.32. The van der Waals surface area contributed by atoms with Crippen molar-refractivity contribution in [1.29, 1.82) is 5.26 Å². The Morgan fingerprint density at radius 1 is 1.30 bits per heavy atom. The summed E-state index contributed by atoms with van der Waals surface area (Å²) in [7, 11) is 0. The lowest BCUT2D eigenvalue weighted by Gasteiger charge is -2.41. The van der Waals surface area contributed by atoms with Crippen molar-refractivity contribution < 1.29 is 19.2 Å². The number of hydrogen-bond acceptors (Lipinski definition) is 7. The second-order valence-corrected chi connectivity index (χ2v) is 8.83. The molecule has 8 heteroatoms. The van der Waals surface area contributed by atoms with Gasteiger partial charge in [0.1, 0.15) is 11.8 Å². The first-order chi connectivity index (χ1) is 15.9. The van der Waals surface area contributed by atoms with Gasteiger partial charge >= 0.3 is 5.97 Å². The van der Waals surface area contributed by atoms with E-state index in [1.807, 2.05) is 32.0 Å². The molecule has 1 aliphatic carbocycles. The van der Waals surface area contributed by atoms with E-state index < -0.39 is 5.97 Å². The number of nitriles is 1. The fourth-order valence-electron chi connectivity index (χ4n) is 4.70. The Hall–Kier alpha value is -3.70. The van der Waals surface area contributed by atoms with Gasteiger partial charge in [-0.25, -0.2) is 0 Å². The maximum absolute atomic E-state index is 11.2. The van der Waals surface area contributed by atoms with Crippen molar-refractivity contribution in [2.45, 2.75) is 38.8 Å². The Morgan fingerprint density at radius 2 is 2.12 bits per heavy atom. The van der Waals surface area contributed by atoms with E-state index >= 15 is 0 Å². The standard InChI is InChI=1S/C25H24N4O4/c1-14(2)32-22-9-6-15(10-16(22)11-26)24-27-23(28-33-24)20-5-3-4-19-18(20)7-8-21(19)29-12-17(13-29)25(30)31/h3-6,9-10,14,17,21H,7-8,12-13H2,1-2H3,(H,30,31)/t21-/m1/s1. The highest BCUT2D eigenvalue weighted by atomic mass is 16.5. The minimum absolute atomic E-state index is 0.0340. The molecule has 1 saturated heterocycles. The lowest BCUT2D eigenvalue weighted by Crippen LogP contribution is -2.51. The van der Waals surface area contributed by atoms with Crippen LogP contribution >= 0.6 is 0 Å². The Morgan fingerprint density at radius 3 is 2.85 bits per heavy atom. The first-order valence-electron chi connectivity index (χ1n) is 11.1. The zero-order valence-corrected chi connectivity index (χ0v) is 18.5. The molecular weight excluding hydrogens is 420 g/mol. The van der Waals surface area contributed by atoms with Gasteiger partial charge in [-0.1, -0.05) is 23.4 Å². The van der Waals surface area contributed by atoms with E-state index in [0.29, 0.717) is 41.7 Å². The van der Waals surface area contributed by atoms with Crippen molar-refractivity contribution in [3.63, 3.8) is 0 Å². The number of carboxylic acid groups (broad SMARTS) is 1. The minimum atomic E-state index is -0.721. The molecule has 0 spiro atoms. The molecule has 33 heavy (non-hydrogen) atoms. The van der Waals surface area contributed by atoms with Crippen molar-refractivity contribution in [2.75, 3.05) is 13.1 Å². The van der Waals surface area contributed by atoms with Gasteiger partial charge in [0, 0.05) is 30.3 Å². The Bertz CT molecular complexity index is 1250. The van der Waals surface area contributed by atoms with Gasteiger partial charge in [0.05, 0.1) is 17.6 Å². The highest BCUT2D eigenvalue weighted by Gasteiger charge is 2.40. The number of carbonyl (C=O) groups is 1. The summed E-state index contributed by atoms with van der Waals surface area (Å²) in [6.45, 7) is 5.00. The van der Waals surface area contributed by atoms with Crippen LogP contribution in [0.5, 0.6) is 5.75 Å². The summed E-state index contributed by atoms with van der Waals surface area (Å²) in [4.78, 5) is 18.0. The average Bonchev–Trinajstić information content (AvgIpc) is 3.40. The summed E-state index contributed by atoms with van der Waals surface area (Å²) in [5, 5.41) is 22.9. The molecule has 1 aliphatic heterocycles. The molecular formula is C25H24N4O4. The largest absolute Gasteiger partial charge is 0.490 e. The Kier molecular flexibility index (Phi) is 5.35. The predicted octanol–water partition coefficient (Wildman–Crippen LogP) is 4.07. The van der Waals surface area contributed by atoms with E-state index in [1.54, 1.807) is 12.1 Å². The first-order valence-corrected chi connectivity index (χ1v) is 11.1. The lowest BCUT2D eigenvalue weighted by atomic mass is 9.94. The normalized spacial score (nSPS) is 18.1. The van der Waals surface area contributed by atoms with Gasteiger partial charge in [-0.15, -0.1) is 0 Å². The second kappa shape index (κ2) is 8.34. The van der Waals surface area contributed by atoms with Gasteiger partial charge in [-0.3, -0.25) is 9.69 Å². The zero-order valence-electron chi connectivity index (χ0n) is 18.5. The molecule has 3 aromatic rings. The summed E-state index contributed by atoms with van der Waals surface area (Å²) in [5.74, 6) is 0.389. The zero-order chi connectivity index (χ0) is 23.1. The summed E-state index contributed by atoms with van der Waals surface area (Å²) in [5.41, 5.74) is 4.41. The van der Waals surface area contributed by atoms with Crippen molar-refractivity contribution in [2.24, 2.45) is 5.92 Å². The molecule has 1 aromatic heterocycles. The fraction of sp³-hybridized carbons (Fsp3) is 0.360. The van der Waals surface area contributed by atoms with Gasteiger partial charge in [0.15, 0.2) is 0 Å². The number of nitrogens with zero attached hydrogens (tertiary/aromatic N) is 4.